The maximum atomic E-state index is 11.4. The number of amides is 1. The van der Waals surface area contributed by atoms with Crippen LogP contribution in [0.3, 0.4) is 0 Å². The molecule has 0 aromatic heterocycles. The van der Waals surface area contributed by atoms with E-state index in [4.69, 9.17) is 5.73 Å². The van der Waals surface area contributed by atoms with Crippen LogP contribution in [-0.2, 0) is 4.79 Å². The lowest BCUT2D eigenvalue weighted by Gasteiger charge is -2.27. The van der Waals surface area contributed by atoms with Crippen molar-refractivity contribution in [1.82, 2.24) is 10.2 Å². The lowest BCUT2D eigenvalue weighted by Crippen LogP contribution is -2.40. The van der Waals surface area contributed by atoms with Crippen LogP contribution in [0.5, 0.6) is 0 Å². The Hall–Kier alpha value is -1.26. The lowest BCUT2D eigenvalue weighted by molar-refractivity contribution is -0.121. The van der Waals surface area contributed by atoms with E-state index in [1.807, 2.05) is 0 Å². The largest absolute Gasteiger partial charge is 0.370 e. The van der Waals surface area contributed by atoms with Gasteiger partial charge >= 0.3 is 0 Å². The van der Waals surface area contributed by atoms with E-state index in [0.29, 0.717) is 25.0 Å². The number of hydrogen-bond donors (Lipinski definition) is 2. The van der Waals surface area contributed by atoms with Gasteiger partial charge in [0.2, 0.25) is 5.91 Å². The molecule has 18 heavy (non-hydrogen) atoms. The topological polar surface area (TPSA) is 70.7 Å². The number of piperidine rings is 1. The van der Waals surface area contributed by atoms with Crippen molar-refractivity contribution in [2.24, 2.45) is 10.7 Å². The summed E-state index contributed by atoms with van der Waals surface area (Å²) in [6.45, 7) is 2.70. The van der Waals surface area contributed by atoms with E-state index in [2.05, 4.69) is 15.2 Å². The molecule has 1 saturated heterocycles. The summed E-state index contributed by atoms with van der Waals surface area (Å²) in [5.74, 6) is 0.807. The molecular weight excluding hydrogens is 228 g/mol. The van der Waals surface area contributed by atoms with Crippen LogP contribution in [0.1, 0.15) is 44.9 Å². The van der Waals surface area contributed by atoms with Crippen LogP contribution >= 0.6 is 0 Å². The van der Waals surface area contributed by atoms with E-state index >= 15 is 0 Å². The molecule has 0 aromatic carbocycles. The quantitative estimate of drug-likeness (QED) is 0.433. The van der Waals surface area contributed by atoms with Gasteiger partial charge in [-0.2, -0.15) is 0 Å². The Morgan fingerprint density at radius 1 is 1.28 bits per heavy atom. The van der Waals surface area contributed by atoms with Crippen LogP contribution in [0.25, 0.3) is 0 Å². The third kappa shape index (κ3) is 4.55. The van der Waals surface area contributed by atoms with Gasteiger partial charge < -0.3 is 16.0 Å². The van der Waals surface area contributed by atoms with Crippen molar-refractivity contribution in [3.8, 4) is 0 Å². The molecule has 0 bridgehead atoms. The second-order valence-electron chi connectivity index (χ2n) is 5.23. The summed E-state index contributed by atoms with van der Waals surface area (Å²) in [7, 11) is 0. The van der Waals surface area contributed by atoms with Gasteiger partial charge in [-0.1, -0.05) is 0 Å². The molecule has 5 heteroatoms. The van der Waals surface area contributed by atoms with Gasteiger partial charge in [-0.3, -0.25) is 9.79 Å². The monoisotopic (exact) mass is 252 g/mol. The first-order valence-corrected chi connectivity index (χ1v) is 7.10. The summed E-state index contributed by atoms with van der Waals surface area (Å²) in [6, 6.07) is 0.458. The van der Waals surface area contributed by atoms with Crippen molar-refractivity contribution in [2.45, 2.75) is 51.0 Å². The first-order chi connectivity index (χ1) is 8.75. The molecule has 2 aliphatic rings. The number of guanidine groups is 1. The predicted molar refractivity (Wildman–Crippen MR) is 72.3 cm³/mol. The van der Waals surface area contributed by atoms with E-state index in [1.165, 1.54) is 19.3 Å². The highest BCUT2D eigenvalue weighted by atomic mass is 16.1. The van der Waals surface area contributed by atoms with Crippen molar-refractivity contribution in [3.05, 3.63) is 0 Å². The first kappa shape index (κ1) is 13.2. The minimum Gasteiger partial charge on any atom is -0.370 e. The number of hydrogen-bond acceptors (Lipinski definition) is 2. The van der Waals surface area contributed by atoms with Crippen molar-refractivity contribution in [1.29, 1.82) is 0 Å². The molecule has 0 radical (unpaired) electrons. The SMILES string of the molecule is NC(=NCCCC(=O)NC1CC1)N1CCCCC1. The number of carbonyl (C=O) groups excluding carboxylic acids is 1. The van der Waals surface area contributed by atoms with Crippen LogP contribution < -0.4 is 11.1 Å². The minimum absolute atomic E-state index is 0.157. The Kier molecular flexibility index (Phi) is 4.84. The fraction of sp³-hybridized carbons (Fsp3) is 0.846. The third-order valence-electron chi connectivity index (χ3n) is 3.46. The van der Waals surface area contributed by atoms with Crippen LogP contribution in [0, 0.1) is 0 Å². The number of likely N-dealkylation sites (tertiary alicyclic amines) is 1. The van der Waals surface area contributed by atoms with Crippen molar-refractivity contribution in [3.63, 3.8) is 0 Å². The fourth-order valence-corrected chi connectivity index (χ4v) is 2.18. The molecular formula is C13H24N4O. The molecule has 5 nitrogen and oxygen atoms in total. The number of nitrogens with two attached hydrogens (primary N) is 1. The number of nitrogens with zero attached hydrogens (tertiary/aromatic N) is 2. The smallest absolute Gasteiger partial charge is 0.220 e. The third-order valence-corrected chi connectivity index (χ3v) is 3.46. The lowest BCUT2D eigenvalue weighted by atomic mass is 10.1. The number of rotatable bonds is 5. The maximum Gasteiger partial charge on any atom is 0.220 e. The number of aliphatic imine (C=N–C) groups is 1. The zero-order chi connectivity index (χ0) is 12.8. The molecule has 1 aliphatic heterocycles. The van der Waals surface area contributed by atoms with E-state index in [9.17, 15) is 4.79 Å². The molecule has 1 amide bonds. The van der Waals surface area contributed by atoms with Crippen molar-refractivity contribution in [2.75, 3.05) is 19.6 Å². The number of carbonyl (C=O) groups is 1. The van der Waals surface area contributed by atoms with E-state index < -0.39 is 0 Å². The molecule has 0 spiro atoms. The summed E-state index contributed by atoms with van der Waals surface area (Å²) in [4.78, 5) is 17.9. The molecule has 3 N–H and O–H groups in total. The summed E-state index contributed by atoms with van der Waals surface area (Å²) in [6.07, 6.45) is 7.35. The van der Waals surface area contributed by atoms with Crippen molar-refractivity contribution >= 4 is 11.9 Å². The average molecular weight is 252 g/mol. The Labute approximate surface area is 109 Å². The Morgan fingerprint density at radius 3 is 2.67 bits per heavy atom. The maximum absolute atomic E-state index is 11.4. The normalized spacial score (nSPS) is 20.9. The molecule has 2 rings (SSSR count). The highest BCUT2D eigenvalue weighted by Crippen LogP contribution is 2.18. The molecule has 0 atom stereocenters. The van der Waals surface area contributed by atoms with Gasteiger partial charge in [0.1, 0.15) is 0 Å². The van der Waals surface area contributed by atoms with Gasteiger partial charge in [0.05, 0.1) is 0 Å². The predicted octanol–water partition coefficient (Wildman–Crippen LogP) is 0.846. The van der Waals surface area contributed by atoms with Gasteiger partial charge in [-0.05, 0) is 38.5 Å². The molecule has 1 aliphatic carbocycles. The molecule has 0 aromatic rings. The fourth-order valence-electron chi connectivity index (χ4n) is 2.18. The van der Waals surface area contributed by atoms with Gasteiger partial charge in [0.25, 0.3) is 0 Å². The van der Waals surface area contributed by atoms with Gasteiger partial charge in [-0.25, -0.2) is 0 Å². The molecule has 0 unspecified atom stereocenters. The van der Waals surface area contributed by atoms with Gasteiger partial charge in [0.15, 0.2) is 5.96 Å². The molecule has 1 heterocycles. The second-order valence-corrected chi connectivity index (χ2v) is 5.23. The Bertz CT molecular complexity index is 306. The Morgan fingerprint density at radius 2 is 2.00 bits per heavy atom. The highest BCUT2D eigenvalue weighted by Gasteiger charge is 2.22. The van der Waals surface area contributed by atoms with Gasteiger partial charge in [0, 0.05) is 32.1 Å². The van der Waals surface area contributed by atoms with E-state index in [0.717, 1.165) is 32.4 Å². The Balaban J connectivity index is 1.58. The summed E-state index contributed by atoms with van der Waals surface area (Å²) < 4.78 is 0. The molecule has 2 fully saturated rings. The van der Waals surface area contributed by atoms with Crippen LogP contribution in [0.2, 0.25) is 0 Å². The van der Waals surface area contributed by atoms with Gasteiger partial charge in [-0.15, -0.1) is 0 Å². The van der Waals surface area contributed by atoms with E-state index in [1.54, 1.807) is 0 Å². The zero-order valence-electron chi connectivity index (χ0n) is 11.0. The summed E-state index contributed by atoms with van der Waals surface area (Å²) >= 11 is 0. The highest BCUT2D eigenvalue weighted by molar-refractivity contribution is 5.78. The number of nitrogens with one attached hydrogen (secondary N) is 1. The second kappa shape index (κ2) is 6.61. The molecule has 102 valence electrons. The van der Waals surface area contributed by atoms with E-state index in [-0.39, 0.29) is 5.91 Å². The minimum atomic E-state index is 0.157. The van der Waals surface area contributed by atoms with Crippen molar-refractivity contribution < 1.29 is 4.79 Å². The standard InChI is InChI=1S/C13H24N4O/c14-13(17-9-2-1-3-10-17)15-8-4-5-12(18)16-11-6-7-11/h11H,1-10H2,(H2,14,15)(H,16,18). The summed E-state index contributed by atoms with van der Waals surface area (Å²) in [5.41, 5.74) is 5.93. The average Bonchev–Trinajstić information content (AvgIpc) is 3.19. The molecule has 1 saturated carbocycles. The summed E-state index contributed by atoms with van der Waals surface area (Å²) in [5, 5.41) is 2.98. The zero-order valence-corrected chi connectivity index (χ0v) is 11.0. The first-order valence-electron chi connectivity index (χ1n) is 7.10. The van der Waals surface area contributed by atoms with Crippen LogP contribution in [-0.4, -0.2) is 42.4 Å². The van der Waals surface area contributed by atoms with Crippen LogP contribution in [0.15, 0.2) is 4.99 Å². The van der Waals surface area contributed by atoms with Crippen LogP contribution in [0.4, 0.5) is 0 Å².